The summed E-state index contributed by atoms with van der Waals surface area (Å²) in [4.78, 5) is 15.9. The summed E-state index contributed by atoms with van der Waals surface area (Å²) in [6, 6.07) is 12.1. The molecule has 0 bridgehead atoms. The molecule has 0 saturated heterocycles. The van der Waals surface area contributed by atoms with Crippen molar-refractivity contribution in [2.75, 3.05) is 27.2 Å². The Morgan fingerprint density at radius 1 is 1.36 bits per heavy atom. The summed E-state index contributed by atoms with van der Waals surface area (Å²) in [5, 5.41) is 5.15. The molecule has 3 rings (SSSR count). The summed E-state index contributed by atoms with van der Waals surface area (Å²) in [7, 11) is 4.06. The third-order valence-corrected chi connectivity index (χ3v) is 4.95. The van der Waals surface area contributed by atoms with Gasteiger partial charge in [0, 0.05) is 17.0 Å². The van der Waals surface area contributed by atoms with Gasteiger partial charge in [-0.15, -0.1) is 11.3 Å². The minimum atomic E-state index is -0.206. The van der Waals surface area contributed by atoms with E-state index in [9.17, 15) is 4.79 Å². The number of benzene rings is 1. The van der Waals surface area contributed by atoms with E-state index in [1.54, 1.807) is 11.3 Å². The average Bonchev–Trinajstić information content (AvgIpc) is 3.16. The number of carbonyl (C=O) groups is 1. The molecule has 2 aromatic rings. The highest BCUT2D eigenvalue weighted by Crippen LogP contribution is 2.33. The van der Waals surface area contributed by atoms with Crippen molar-refractivity contribution in [1.82, 2.24) is 10.2 Å². The van der Waals surface area contributed by atoms with Crippen molar-refractivity contribution in [3.8, 4) is 5.75 Å². The largest absolute Gasteiger partial charge is 0.492 e. The van der Waals surface area contributed by atoms with Crippen molar-refractivity contribution in [1.29, 1.82) is 0 Å². The second-order valence-electron chi connectivity index (χ2n) is 5.64. The summed E-state index contributed by atoms with van der Waals surface area (Å²) in [6.45, 7) is 1.03. The fraction of sp³-hybridized carbons (Fsp3) is 0.353. The number of rotatable bonds is 5. The van der Waals surface area contributed by atoms with Crippen LogP contribution in [-0.4, -0.2) is 38.1 Å². The molecule has 1 amide bonds. The van der Waals surface area contributed by atoms with E-state index in [0.717, 1.165) is 11.3 Å². The zero-order valence-electron chi connectivity index (χ0n) is 12.8. The minimum Gasteiger partial charge on any atom is -0.492 e. The molecule has 2 heterocycles. The van der Waals surface area contributed by atoms with Crippen molar-refractivity contribution >= 4 is 17.2 Å². The summed E-state index contributed by atoms with van der Waals surface area (Å²) in [6.07, 6.45) is 0. The van der Waals surface area contributed by atoms with Gasteiger partial charge in [0.2, 0.25) is 5.91 Å². The smallest absolute Gasteiger partial charge is 0.231 e. The Morgan fingerprint density at radius 2 is 2.18 bits per heavy atom. The van der Waals surface area contributed by atoms with Gasteiger partial charge in [0.15, 0.2) is 0 Å². The molecule has 0 unspecified atom stereocenters. The van der Waals surface area contributed by atoms with Crippen LogP contribution in [0.25, 0.3) is 0 Å². The van der Waals surface area contributed by atoms with Crippen molar-refractivity contribution in [2.24, 2.45) is 0 Å². The topological polar surface area (TPSA) is 41.6 Å². The number of nitrogens with one attached hydrogen (secondary N) is 1. The van der Waals surface area contributed by atoms with Crippen molar-refractivity contribution < 1.29 is 9.53 Å². The fourth-order valence-electron chi connectivity index (χ4n) is 2.72. The number of amides is 1. The molecular formula is C17H20N2O2S. The fourth-order valence-corrected chi connectivity index (χ4v) is 3.64. The molecule has 0 radical (unpaired) electrons. The molecule has 4 nitrogen and oxygen atoms in total. The normalized spacial score (nSPS) is 17.9. The molecule has 1 aromatic carbocycles. The molecule has 0 spiro atoms. The summed E-state index contributed by atoms with van der Waals surface area (Å²) >= 11 is 1.71. The maximum Gasteiger partial charge on any atom is 0.231 e. The molecule has 1 aliphatic rings. The Kier molecular flexibility index (Phi) is 4.45. The van der Waals surface area contributed by atoms with E-state index >= 15 is 0 Å². The monoisotopic (exact) mass is 316 g/mol. The van der Waals surface area contributed by atoms with Gasteiger partial charge in [0.05, 0.1) is 6.04 Å². The lowest BCUT2D eigenvalue weighted by Gasteiger charge is -2.24. The van der Waals surface area contributed by atoms with Gasteiger partial charge in [0.1, 0.15) is 18.3 Å². The van der Waals surface area contributed by atoms with Gasteiger partial charge < -0.3 is 15.0 Å². The Hall–Kier alpha value is -1.85. The number of ether oxygens (including phenoxy) is 1. The number of thiophene rings is 1. The number of fused-ring (bicyclic) bond motifs is 1. The van der Waals surface area contributed by atoms with Gasteiger partial charge in [-0.05, 0) is 31.6 Å². The van der Waals surface area contributed by atoms with Crippen LogP contribution in [0.1, 0.15) is 22.4 Å². The standard InChI is InChI=1S/C17H20N2O2S/c1-19(2)14(16-8-5-9-22-16)10-18-17(20)13-11-21-15-7-4-3-6-12(13)15/h3-9,13-14H,10-11H2,1-2H3,(H,18,20)/t13-,14-/m0/s1. The number of carbonyl (C=O) groups excluding carboxylic acids is 1. The van der Waals surface area contributed by atoms with Crippen LogP contribution >= 0.6 is 11.3 Å². The lowest BCUT2D eigenvalue weighted by atomic mass is 10.0. The van der Waals surface area contributed by atoms with E-state index in [1.165, 1.54) is 4.88 Å². The first kappa shape index (κ1) is 15.1. The highest BCUT2D eigenvalue weighted by Gasteiger charge is 2.30. The lowest BCUT2D eigenvalue weighted by Crippen LogP contribution is -2.37. The van der Waals surface area contributed by atoms with Crippen LogP contribution in [-0.2, 0) is 4.79 Å². The van der Waals surface area contributed by atoms with Gasteiger partial charge >= 0.3 is 0 Å². The number of para-hydroxylation sites is 1. The van der Waals surface area contributed by atoms with Crippen LogP contribution in [0.5, 0.6) is 5.75 Å². The Morgan fingerprint density at radius 3 is 2.91 bits per heavy atom. The van der Waals surface area contributed by atoms with Crippen LogP contribution < -0.4 is 10.1 Å². The van der Waals surface area contributed by atoms with Gasteiger partial charge in [-0.1, -0.05) is 24.3 Å². The van der Waals surface area contributed by atoms with Crippen LogP contribution in [0.3, 0.4) is 0 Å². The minimum absolute atomic E-state index is 0.0355. The molecule has 22 heavy (non-hydrogen) atoms. The Bertz CT molecular complexity index is 640. The van der Waals surface area contributed by atoms with Gasteiger partial charge in [0.25, 0.3) is 0 Å². The zero-order chi connectivity index (χ0) is 15.5. The first-order valence-corrected chi connectivity index (χ1v) is 8.24. The second kappa shape index (κ2) is 6.50. The second-order valence-corrected chi connectivity index (χ2v) is 6.62. The van der Waals surface area contributed by atoms with Crippen LogP contribution in [0.2, 0.25) is 0 Å². The molecule has 0 aliphatic carbocycles. The lowest BCUT2D eigenvalue weighted by molar-refractivity contribution is -0.122. The van der Waals surface area contributed by atoms with E-state index in [4.69, 9.17) is 4.74 Å². The van der Waals surface area contributed by atoms with E-state index in [1.807, 2.05) is 44.4 Å². The number of hydrogen-bond donors (Lipinski definition) is 1. The predicted molar refractivity (Wildman–Crippen MR) is 88.4 cm³/mol. The zero-order valence-corrected chi connectivity index (χ0v) is 13.6. The summed E-state index contributed by atoms with van der Waals surface area (Å²) in [5.74, 6) is 0.653. The molecule has 2 atom stereocenters. The average molecular weight is 316 g/mol. The highest BCUT2D eigenvalue weighted by molar-refractivity contribution is 7.10. The maximum atomic E-state index is 12.5. The molecule has 116 valence electrons. The predicted octanol–water partition coefficient (Wildman–Crippen LogP) is 2.64. The van der Waals surface area contributed by atoms with E-state index in [2.05, 4.69) is 21.7 Å². The Balaban J connectivity index is 1.65. The van der Waals surface area contributed by atoms with Crippen molar-refractivity contribution in [3.63, 3.8) is 0 Å². The number of hydrogen-bond acceptors (Lipinski definition) is 4. The van der Waals surface area contributed by atoms with Crippen LogP contribution in [0.15, 0.2) is 41.8 Å². The molecule has 5 heteroatoms. The number of likely N-dealkylation sites (N-methyl/N-ethyl adjacent to an activating group) is 1. The van der Waals surface area contributed by atoms with Crippen LogP contribution in [0.4, 0.5) is 0 Å². The van der Waals surface area contributed by atoms with Gasteiger partial charge in [-0.25, -0.2) is 0 Å². The third kappa shape index (κ3) is 3.00. The maximum absolute atomic E-state index is 12.5. The first-order chi connectivity index (χ1) is 10.7. The summed E-state index contributed by atoms with van der Waals surface area (Å²) < 4.78 is 5.59. The Labute approximate surface area is 134 Å². The van der Waals surface area contributed by atoms with E-state index in [0.29, 0.717) is 13.2 Å². The molecule has 1 N–H and O–H groups in total. The highest BCUT2D eigenvalue weighted by atomic mass is 32.1. The molecule has 1 aliphatic heterocycles. The van der Waals surface area contributed by atoms with Gasteiger partial charge in [-0.3, -0.25) is 4.79 Å². The summed E-state index contributed by atoms with van der Waals surface area (Å²) in [5.41, 5.74) is 0.984. The van der Waals surface area contributed by atoms with Gasteiger partial charge in [-0.2, -0.15) is 0 Å². The van der Waals surface area contributed by atoms with E-state index < -0.39 is 0 Å². The SMILES string of the molecule is CN(C)[C@@H](CNC(=O)[C@H]1COc2ccccc21)c1cccs1. The van der Waals surface area contributed by atoms with Crippen molar-refractivity contribution in [2.45, 2.75) is 12.0 Å². The molecule has 1 aromatic heterocycles. The first-order valence-electron chi connectivity index (χ1n) is 7.36. The molecule has 0 saturated carbocycles. The van der Waals surface area contributed by atoms with E-state index in [-0.39, 0.29) is 17.9 Å². The number of nitrogens with zero attached hydrogens (tertiary/aromatic N) is 1. The van der Waals surface area contributed by atoms with Crippen molar-refractivity contribution in [3.05, 3.63) is 52.2 Å². The quantitative estimate of drug-likeness (QED) is 0.922. The molecular weight excluding hydrogens is 296 g/mol. The van der Waals surface area contributed by atoms with Crippen LogP contribution in [0, 0.1) is 0 Å². The molecule has 0 fully saturated rings. The third-order valence-electron chi connectivity index (χ3n) is 3.98.